The van der Waals surface area contributed by atoms with E-state index in [1.165, 1.54) is 37.9 Å². The van der Waals surface area contributed by atoms with Crippen molar-refractivity contribution in [2.24, 2.45) is 18.9 Å². The van der Waals surface area contributed by atoms with Crippen LogP contribution in [0.25, 0.3) is 0 Å². The minimum atomic E-state index is 0.689. The monoisotopic (exact) mass is 290 g/mol. The Morgan fingerprint density at radius 2 is 1.95 bits per heavy atom. The second-order valence-electron chi connectivity index (χ2n) is 7.32. The van der Waals surface area contributed by atoms with Gasteiger partial charge in [0.1, 0.15) is 0 Å². The minimum absolute atomic E-state index is 0.689. The molecule has 2 fully saturated rings. The largest absolute Gasteiger partial charge is 0.309 e. The highest BCUT2D eigenvalue weighted by atomic mass is 15.3. The number of fused-ring (bicyclic) bond motifs is 2. The standard InChI is InChI=1S/C17H30N4/c1-12(2)21-10-14-6-5-7-15(11-21)17(14)18-8-16-9-20(4)19-13(16)3/h9,12,14-15,17-18H,5-8,10-11H2,1-4H3. The van der Waals surface area contributed by atoms with Crippen molar-refractivity contribution in [1.29, 1.82) is 0 Å². The Hall–Kier alpha value is -0.870. The van der Waals surface area contributed by atoms with Crippen LogP contribution in [0.15, 0.2) is 6.20 Å². The molecule has 3 rings (SSSR count). The Morgan fingerprint density at radius 1 is 1.29 bits per heavy atom. The van der Waals surface area contributed by atoms with Gasteiger partial charge in [-0.3, -0.25) is 4.68 Å². The van der Waals surface area contributed by atoms with Crippen molar-refractivity contribution in [2.45, 2.75) is 58.7 Å². The van der Waals surface area contributed by atoms with Crippen LogP contribution in [0, 0.1) is 18.8 Å². The molecule has 4 heteroatoms. The molecule has 1 saturated heterocycles. The summed E-state index contributed by atoms with van der Waals surface area (Å²) >= 11 is 0. The summed E-state index contributed by atoms with van der Waals surface area (Å²) in [5, 5.41) is 8.32. The van der Waals surface area contributed by atoms with E-state index in [4.69, 9.17) is 0 Å². The van der Waals surface area contributed by atoms with Crippen molar-refractivity contribution in [3.05, 3.63) is 17.5 Å². The molecule has 21 heavy (non-hydrogen) atoms. The van der Waals surface area contributed by atoms with E-state index < -0.39 is 0 Å². The van der Waals surface area contributed by atoms with E-state index in [2.05, 4.69) is 42.3 Å². The summed E-state index contributed by atoms with van der Waals surface area (Å²) in [6.45, 7) is 10.3. The lowest BCUT2D eigenvalue weighted by Crippen LogP contribution is -2.58. The zero-order valence-corrected chi connectivity index (χ0v) is 14.0. The van der Waals surface area contributed by atoms with Gasteiger partial charge < -0.3 is 10.2 Å². The molecule has 0 amide bonds. The third-order valence-electron chi connectivity index (χ3n) is 5.48. The summed E-state index contributed by atoms with van der Waals surface area (Å²) in [5.74, 6) is 1.66. The highest BCUT2D eigenvalue weighted by molar-refractivity contribution is 5.15. The van der Waals surface area contributed by atoms with Crippen molar-refractivity contribution in [3.8, 4) is 0 Å². The first kappa shape index (κ1) is 15.0. The Kier molecular flexibility index (Phi) is 4.36. The molecule has 2 atom stereocenters. The normalized spacial score (nSPS) is 30.0. The van der Waals surface area contributed by atoms with Gasteiger partial charge in [-0.15, -0.1) is 0 Å². The number of rotatable bonds is 4. The van der Waals surface area contributed by atoms with Crippen LogP contribution in [-0.2, 0) is 13.6 Å². The SMILES string of the molecule is Cc1nn(C)cc1CNC1C2CCCC1CN(C(C)C)C2. The fourth-order valence-corrected chi connectivity index (χ4v) is 4.28. The molecule has 1 aromatic rings. The minimum Gasteiger partial charge on any atom is -0.309 e. The molecule has 2 unspecified atom stereocenters. The maximum absolute atomic E-state index is 4.45. The Labute approximate surface area is 128 Å². The molecule has 1 aliphatic heterocycles. The van der Waals surface area contributed by atoms with Gasteiger partial charge in [0, 0.05) is 50.5 Å². The summed E-state index contributed by atoms with van der Waals surface area (Å²) in [5.41, 5.74) is 2.51. The van der Waals surface area contributed by atoms with Gasteiger partial charge in [-0.05, 0) is 45.4 Å². The number of hydrogen-bond acceptors (Lipinski definition) is 3. The van der Waals surface area contributed by atoms with E-state index in [1.807, 2.05) is 11.7 Å². The lowest BCUT2D eigenvalue weighted by atomic mass is 9.73. The van der Waals surface area contributed by atoms with E-state index in [1.54, 1.807) is 0 Å². The van der Waals surface area contributed by atoms with Crippen LogP contribution < -0.4 is 5.32 Å². The molecule has 2 bridgehead atoms. The average Bonchev–Trinajstić information content (AvgIpc) is 2.73. The molecule has 0 spiro atoms. The lowest BCUT2D eigenvalue weighted by Gasteiger charge is -2.49. The Balaban J connectivity index is 1.64. The van der Waals surface area contributed by atoms with E-state index in [0.29, 0.717) is 12.1 Å². The second-order valence-corrected chi connectivity index (χ2v) is 7.32. The molecule has 2 heterocycles. The maximum atomic E-state index is 4.45. The van der Waals surface area contributed by atoms with Gasteiger partial charge in [-0.25, -0.2) is 0 Å². The number of nitrogens with zero attached hydrogens (tertiary/aromatic N) is 3. The zero-order valence-electron chi connectivity index (χ0n) is 14.0. The van der Waals surface area contributed by atoms with E-state index in [0.717, 1.165) is 24.1 Å². The Bertz CT molecular complexity index is 465. The number of aromatic nitrogens is 2. The summed E-state index contributed by atoms with van der Waals surface area (Å²) in [6, 6.07) is 1.39. The fraction of sp³-hybridized carbons (Fsp3) is 0.824. The smallest absolute Gasteiger partial charge is 0.0638 e. The van der Waals surface area contributed by atoms with Crippen LogP contribution in [0.4, 0.5) is 0 Å². The number of nitrogens with one attached hydrogen (secondary N) is 1. The predicted octanol–water partition coefficient (Wildman–Crippen LogP) is 2.33. The van der Waals surface area contributed by atoms with Gasteiger partial charge in [0.2, 0.25) is 0 Å². The Morgan fingerprint density at radius 3 is 2.48 bits per heavy atom. The van der Waals surface area contributed by atoms with Crippen molar-refractivity contribution in [2.75, 3.05) is 13.1 Å². The highest BCUT2D eigenvalue weighted by Crippen LogP contribution is 2.35. The summed E-state index contributed by atoms with van der Waals surface area (Å²) < 4.78 is 1.93. The van der Waals surface area contributed by atoms with Crippen molar-refractivity contribution < 1.29 is 0 Å². The molecule has 1 aromatic heterocycles. The van der Waals surface area contributed by atoms with Crippen LogP contribution in [0.1, 0.15) is 44.4 Å². The molecule has 1 saturated carbocycles. The number of aryl methyl sites for hydroxylation is 2. The summed E-state index contributed by atoms with van der Waals surface area (Å²) in [6.07, 6.45) is 6.36. The first-order chi connectivity index (χ1) is 10.0. The topological polar surface area (TPSA) is 33.1 Å². The van der Waals surface area contributed by atoms with Crippen molar-refractivity contribution in [3.63, 3.8) is 0 Å². The first-order valence-electron chi connectivity index (χ1n) is 8.51. The third-order valence-corrected chi connectivity index (χ3v) is 5.48. The predicted molar refractivity (Wildman–Crippen MR) is 86.1 cm³/mol. The van der Waals surface area contributed by atoms with Gasteiger partial charge in [-0.2, -0.15) is 5.10 Å². The molecule has 0 aromatic carbocycles. The molecule has 0 radical (unpaired) electrons. The van der Waals surface area contributed by atoms with E-state index >= 15 is 0 Å². The van der Waals surface area contributed by atoms with Crippen LogP contribution in [0.3, 0.4) is 0 Å². The summed E-state index contributed by atoms with van der Waals surface area (Å²) in [4.78, 5) is 2.68. The highest BCUT2D eigenvalue weighted by Gasteiger charge is 2.39. The number of hydrogen-bond donors (Lipinski definition) is 1. The quantitative estimate of drug-likeness (QED) is 0.924. The summed E-state index contributed by atoms with van der Waals surface area (Å²) in [7, 11) is 2.01. The molecule has 1 aliphatic carbocycles. The van der Waals surface area contributed by atoms with Crippen molar-refractivity contribution >= 4 is 0 Å². The van der Waals surface area contributed by atoms with E-state index in [9.17, 15) is 0 Å². The van der Waals surface area contributed by atoms with Gasteiger partial charge in [0.15, 0.2) is 0 Å². The van der Waals surface area contributed by atoms with Crippen LogP contribution in [-0.4, -0.2) is 39.9 Å². The molecule has 118 valence electrons. The number of likely N-dealkylation sites (tertiary alicyclic amines) is 1. The zero-order chi connectivity index (χ0) is 15.0. The van der Waals surface area contributed by atoms with Crippen LogP contribution in [0.5, 0.6) is 0 Å². The number of piperidine rings is 1. The fourth-order valence-electron chi connectivity index (χ4n) is 4.28. The third kappa shape index (κ3) is 3.16. The van der Waals surface area contributed by atoms with Crippen LogP contribution in [0.2, 0.25) is 0 Å². The molecule has 2 aliphatic rings. The molecule has 4 nitrogen and oxygen atoms in total. The van der Waals surface area contributed by atoms with Gasteiger partial charge in [-0.1, -0.05) is 6.42 Å². The van der Waals surface area contributed by atoms with Crippen LogP contribution >= 0.6 is 0 Å². The van der Waals surface area contributed by atoms with Gasteiger partial charge in [0.05, 0.1) is 5.69 Å². The molecular formula is C17H30N4. The second kappa shape index (κ2) is 6.09. The average molecular weight is 290 g/mol. The first-order valence-corrected chi connectivity index (χ1v) is 8.51. The van der Waals surface area contributed by atoms with E-state index in [-0.39, 0.29) is 0 Å². The maximum Gasteiger partial charge on any atom is 0.0638 e. The van der Waals surface area contributed by atoms with Gasteiger partial charge >= 0.3 is 0 Å². The van der Waals surface area contributed by atoms with Gasteiger partial charge in [0.25, 0.3) is 0 Å². The lowest BCUT2D eigenvalue weighted by molar-refractivity contribution is 0.0290. The molecule has 1 N–H and O–H groups in total. The van der Waals surface area contributed by atoms with Crippen molar-refractivity contribution in [1.82, 2.24) is 20.0 Å². The molecular weight excluding hydrogens is 260 g/mol.